The van der Waals surface area contributed by atoms with Gasteiger partial charge in [-0.05, 0) is 69.2 Å². The van der Waals surface area contributed by atoms with Crippen LogP contribution in [0.1, 0.15) is 44.1 Å². The summed E-state index contributed by atoms with van der Waals surface area (Å²) >= 11 is 8.01. The van der Waals surface area contributed by atoms with Crippen LogP contribution in [0.15, 0.2) is 12.1 Å². The van der Waals surface area contributed by atoms with Crippen molar-refractivity contribution in [3.63, 3.8) is 0 Å². The third-order valence-corrected chi connectivity index (χ3v) is 11.7. The number of nitriles is 1. The van der Waals surface area contributed by atoms with Crippen molar-refractivity contribution in [2.24, 2.45) is 5.92 Å². The molecular weight excluding hydrogens is 634 g/mol. The molecule has 240 valence electrons. The molecule has 46 heavy (non-hydrogen) atoms. The Bertz CT molecular complexity index is 1920. The van der Waals surface area contributed by atoms with E-state index in [1.165, 1.54) is 12.1 Å². The number of fused-ring (bicyclic) bond motifs is 4. The molecule has 4 aliphatic heterocycles. The molecule has 2 N–H and O–H groups in total. The smallest absolute Gasteiger partial charge is 0.319 e. The first-order valence-corrected chi connectivity index (χ1v) is 16.9. The third-order valence-electron chi connectivity index (χ3n) is 10.3. The maximum absolute atomic E-state index is 17.2. The van der Waals surface area contributed by atoms with Crippen LogP contribution < -0.4 is 20.1 Å². The molecule has 9 nitrogen and oxygen atoms in total. The van der Waals surface area contributed by atoms with Crippen LogP contribution in [0, 0.1) is 28.9 Å². The van der Waals surface area contributed by atoms with E-state index < -0.39 is 11.6 Å². The quantitative estimate of drug-likeness (QED) is 0.246. The van der Waals surface area contributed by atoms with E-state index in [2.05, 4.69) is 20.9 Å². The Balaban J connectivity index is 1.34. The molecule has 13 heteroatoms. The Morgan fingerprint density at radius 2 is 2.00 bits per heavy atom. The fourth-order valence-electron chi connectivity index (χ4n) is 8.13. The molecular formula is C33H33ClF2N6O3S. The van der Waals surface area contributed by atoms with E-state index in [-0.39, 0.29) is 71.6 Å². The van der Waals surface area contributed by atoms with Crippen molar-refractivity contribution in [2.45, 2.75) is 50.1 Å². The van der Waals surface area contributed by atoms with E-state index in [1.54, 1.807) is 7.11 Å². The van der Waals surface area contributed by atoms with Crippen molar-refractivity contribution in [3.05, 3.63) is 34.4 Å². The molecule has 2 atom stereocenters. The van der Waals surface area contributed by atoms with E-state index in [4.69, 9.17) is 36.5 Å². The summed E-state index contributed by atoms with van der Waals surface area (Å²) in [6.07, 6.45) is 6.08. The van der Waals surface area contributed by atoms with Gasteiger partial charge in [0.15, 0.2) is 11.6 Å². The Kier molecular flexibility index (Phi) is 7.36. The zero-order valence-corrected chi connectivity index (χ0v) is 26.9. The van der Waals surface area contributed by atoms with Gasteiger partial charge in [0.25, 0.3) is 0 Å². The number of methoxy groups -OCH3 is 1. The number of anilines is 2. The summed E-state index contributed by atoms with van der Waals surface area (Å²) < 4.78 is 50.6. The number of ether oxygens (including phenoxy) is 3. The van der Waals surface area contributed by atoms with Crippen LogP contribution in [0.4, 0.5) is 19.6 Å². The second-order valence-electron chi connectivity index (χ2n) is 12.9. The molecule has 0 spiro atoms. The highest BCUT2D eigenvalue weighted by Gasteiger charge is 2.45. The fourth-order valence-corrected chi connectivity index (χ4v) is 9.42. The van der Waals surface area contributed by atoms with Gasteiger partial charge in [0, 0.05) is 24.6 Å². The molecule has 3 saturated heterocycles. The molecule has 6 heterocycles. The molecule has 3 fully saturated rings. The lowest BCUT2D eigenvalue weighted by Crippen LogP contribution is -2.47. The number of benzene rings is 2. The lowest BCUT2D eigenvalue weighted by atomic mass is 9.93. The summed E-state index contributed by atoms with van der Waals surface area (Å²) in [5.74, 6) is -0.267. The number of nitrogens with two attached hydrogens (primary N) is 1. The van der Waals surface area contributed by atoms with E-state index in [0.29, 0.717) is 37.6 Å². The first-order chi connectivity index (χ1) is 22.3. The van der Waals surface area contributed by atoms with E-state index >= 15 is 4.39 Å². The zero-order valence-electron chi connectivity index (χ0n) is 25.4. The van der Waals surface area contributed by atoms with Gasteiger partial charge in [0.2, 0.25) is 0 Å². The summed E-state index contributed by atoms with van der Waals surface area (Å²) in [6, 6.07) is 4.78. The number of hydrogen-bond donors (Lipinski definition) is 1. The van der Waals surface area contributed by atoms with E-state index in [1.807, 2.05) is 0 Å². The zero-order chi connectivity index (χ0) is 31.7. The summed E-state index contributed by atoms with van der Waals surface area (Å²) in [5.41, 5.74) is 6.32. The molecule has 0 aliphatic carbocycles. The number of thiophene rings is 1. The minimum Gasteiger partial charge on any atom is -0.489 e. The Hall–Kier alpha value is -3.50. The average molecular weight is 667 g/mol. The Labute approximate surface area is 273 Å². The number of piperidine rings is 1. The van der Waals surface area contributed by atoms with Crippen molar-refractivity contribution < 1.29 is 23.0 Å². The number of halogens is 3. The maximum Gasteiger partial charge on any atom is 0.319 e. The van der Waals surface area contributed by atoms with Gasteiger partial charge < -0.3 is 24.8 Å². The van der Waals surface area contributed by atoms with Crippen LogP contribution in [-0.2, 0) is 4.74 Å². The van der Waals surface area contributed by atoms with Gasteiger partial charge in [-0.15, -0.1) is 11.3 Å². The maximum atomic E-state index is 17.2. The van der Waals surface area contributed by atoms with Crippen molar-refractivity contribution in [3.8, 4) is 29.0 Å². The first-order valence-electron chi connectivity index (χ1n) is 15.7. The lowest BCUT2D eigenvalue weighted by molar-refractivity contribution is 0.107. The minimum atomic E-state index is -0.729. The average Bonchev–Trinajstić information content (AvgIpc) is 3.70. The summed E-state index contributed by atoms with van der Waals surface area (Å²) in [5, 5.41) is 10.7. The highest BCUT2D eigenvalue weighted by atomic mass is 35.5. The number of nitrogen functional groups attached to an aromatic ring is 1. The van der Waals surface area contributed by atoms with Gasteiger partial charge in [-0.25, -0.2) is 8.78 Å². The minimum absolute atomic E-state index is 0.00435. The predicted molar refractivity (Wildman–Crippen MR) is 174 cm³/mol. The number of aromatic nitrogens is 2. The van der Waals surface area contributed by atoms with Crippen LogP contribution in [-0.4, -0.2) is 73.0 Å². The molecule has 4 aromatic rings. The first kappa shape index (κ1) is 29.9. The van der Waals surface area contributed by atoms with Crippen molar-refractivity contribution in [1.29, 1.82) is 5.26 Å². The summed E-state index contributed by atoms with van der Waals surface area (Å²) in [6.45, 7) is 4.04. The van der Waals surface area contributed by atoms with Gasteiger partial charge in [0.1, 0.15) is 41.4 Å². The number of rotatable bonds is 6. The van der Waals surface area contributed by atoms with Crippen LogP contribution >= 0.6 is 22.9 Å². The fraction of sp³-hybridized carbons (Fsp3) is 0.485. The molecule has 0 bridgehead atoms. The predicted octanol–water partition coefficient (Wildman–Crippen LogP) is 6.53. The standard InChI is InChI=1S/C33H33ClF2N6O3S/c1-43-14-17-4-5-18-15-44-28-24-27(26(36)23(25(28)34)19-6-7-21(35)29-22(19)20(12-37)30(38)46-29)39-32(40-31(24)42(18)13-17)45-16-33-8-2-10-41(33)11-3-9-33/h6-7,17-18H,2-5,8-11,13-16,38H2,1H3. The number of hydrogen-bond acceptors (Lipinski definition) is 10. The van der Waals surface area contributed by atoms with Crippen molar-refractivity contribution >= 4 is 54.7 Å². The lowest BCUT2D eigenvalue weighted by Gasteiger charge is -2.39. The van der Waals surface area contributed by atoms with Crippen LogP contribution in [0.5, 0.6) is 11.8 Å². The van der Waals surface area contributed by atoms with Crippen molar-refractivity contribution in [1.82, 2.24) is 14.9 Å². The van der Waals surface area contributed by atoms with Gasteiger partial charge in [-0.3, -0.25) is 4.90 Å². The summed E-state index contributed by atoms with van der Waals surface area (Å²) in [7, 11) is 1.69. The second kappa shape index (κ2) is 11.3. The Morgan fingerprint density at radius 3 is 2.76 bits per heavy atom. The van der Waals surface area contributed by atoms with E-state index in [9.17, 15) is 9.65 Å². The molecule has 2 aromatic heterocycles. The molecule has 2 aromatic carbocycles. The van der Waals surface area contributed by atoms with E-state index in [0.717, 1.165) is 63.0 Å². The normalized spacial score (nSPS) is 22.0. The van der Waals surface area contributed by atoms with Gasteiger partial charge in [-0.1, -0.05) is 17.7 Å². The monoisotopic (exact) mass is 666 g/mol. The highest BCUT2D eigenvalue weighted by molar-refractivity contribution is 7.23. The summed E-state index contributed by atoms with van der Waals surface area (Å²) in [4.78, 5) is 14.3. The van der Waals surface area contributed by atoms with Crippen LogP contribution in [0.3, 0.4) is 0 Å². The van der Waals surface area contributed by atoms with Gasteiger partial charge >= 0.3 is 6.01 Å². The highest BCUT2D eigenvalue weighted by Crippen LogP contribution is 2.51. The molecule has 4 aliphatic rings. The topological polar surface area (TPSA) is 110 Å². The van der Waals surface area contributed by atoms with Gasteiger partial charge in [0.05, 0.1) is 38.9 Å². The van der Waals surface area contributed by atoms with Gasteiger partial charge in [-0.2, -0.15) is 15.2 Å². The van der Waals surface area contributed by atoms with Crippen molar-refractivity contribution in [2.75, 3.05) is 57.2 Å². The molecule has 0 radical (unpaired) electrons. The second-order valence-corrected chi connectivity index (χ2v) is 14.3. The van der Waals surface area contributed by atoms with Crippen LogP contribution in [0.2, 0.25) is 5.02 Å². The SMILES string of the molecule is COCC1CCC2COc3c(Cl)c(-c4ccc(F)c5sc(N)c(C#N)c45)c(F)c4nc(OCC56CCCN5CCC6)nc(c34)N2C1. The largest absolute Gasteiger partial charge is 0.489 e. The molecule has 8 rings (SSSR count). The molecule has 2 unspecified atom stereocenters. The third kappa shape index (κ3) is 4.50. The molecule has 0 saturated carbocycles. The molecule has 0 amide bonds. The Morgan fingerprint density at radius 1 is 1.20 bits per heavy atom. The number of nitrogens with zero attached hydrogens (tertiary/aromatic N) is 5. The van der Waals surface area contributed by atoms with Crippen LogP contribution in [0.25, 0.3) is 32.1 Å².